The van der Waals surface area contributed by atoms with Gasteiger partial charge >= 0.3 is 5.97 Å². The highest BCUT2D eigenvalue weighted by Gasteiger charge is 2.28. The van der Waals surface area contributed by atoms with E-state index >= 15 is 0 Å². The van der Waals surface area contributed by atoms with Crippen molar-refractivity contribution < 1.29 is 24.3 Å². The number of benzene rings is 2. The van der Waals surface area contributed by atoms with Crippen molar-refractivity contribution in [2.75, 3.05) is 6.54 Å². The first-order valence-corrected chi connectivity index (χ1v) is 12.2. The van der Waals surface area contributed by atoms with E-state index in [-0.39, 0.29) is 19.4 Å². The highest BCUT2D eigenvalue weighted by molar-refractivity contribution is 5.94. The zero-order valence-corrected chi connectivity index (χ0v) is 20.8. The third-order valence-corrected chi connectivity index (χ3v) is 6.30. The molecule has 0 saturated heterocycles. The fourth-order valence-electron chi connectivity index (χ4n) is 4.30. The standard InChI is InChI=1S/C27H30N6O5/c1-15(28)25(35)31-14-24(34)32-22(10-16-12-29-20-8-4-2-6-18(16)20)26(36)33-23(27(37)38)11-17-13-30-21-9-5-3-7-19(17)21/h2-9,12-13,15,22-23,29-30H,10-11,14,28H2,1H3,(H,31,35)(H,32,34)(H,33,36)(H,37,38). The van der Waals surface area contributed by atoms with Crippen molar-refractivity contribution in [3.8, 4) is 0 Å². The Morgan fingerprint density at radius 1 is 0.816 bits per heavy atom. The number of carboxylic acid groups (broad SMARTS) is 1. The lowest BCUT2D eigenvalue weighted by Gasteiger charge is -2.22. The Kier molecular flexibility index (Phi) is 8.07. The molecule has 0 aliphatic rings. The average Bonchev–Trinajstić information content (AvgIpc) is 3.50. The van der Waals surface area contributed by atoms with Gasteiger partial charge in [-0.15, -0.1) is 0 Å². The molecule has 4 aromatic rings. The SMILES string of the molecule is CC(N)C(=O)NCC(=O)NC(Cc1c[nH]c2ccccc12)C(=O)NC(Cc1c[nH]c2ccccc12)C(=O)O. The second-order valence-corrected chi connectivity index (χ2v) is 9.15. The second kappa shape index (κ2) is 11.6. The van der Waals surface area contributed by atoms with E-state index in [1.807, 2.05) is 48.5 Å². The van der Waals surface area contributed by atoms with Crippen molar-refractivity contribution in [3.63, 3.8) is 0 Å². The van der Waals surface area contributed by atoms with Crippen molar-refractivity contribution in [2.24, 2.45) is 5.73 Å². The minimum Gasteiger partial charge on any atom is -0.480 e. The topological polar surface area (TPSA) is 182 Å². The van der Waals surface area contributed by atoms with Crippen LogP contribution < -0.4 is 21.7 Å². The van der Waals surface area contributed by atoms with E-state index in [9.17, 15) is 24.3 Å². The number of nitrogens with one attached hydrogen (secondary N) is 5. The molecule has 11 heteroatoms. The lowest BCUT2D eigenvalue weighted by Crippen LogP contribution is -2.54. The first-order valence-electron chi connectivity index (χ1n) is 12.2. The number of carboxylic acids is 1. The quantitative estimate of drug-likeness (QED) is 0.155. The molecular formula is C27H30N6O5. The van der Waals surface area contributed by atoms with Crippen LogP contribution in [0.25, 0.3) is 21.8 Å². The molecule has 3 atom stereocenters. The van der Waals surface area contributed by atoms with Crippen molar-refractivity contribution in [3.05, 3.63) is 72.1 Å². The number of aromatic amines is 2. The Balaban J connectivity index is 1.53. The number of para-hydroxylation sites is 2. The van der Waals surface area contributed by atoms with Gasteiger partial charge in [0, 0.05) is 47.0 Å². The van der Waals surface area contributed by atoms with E-state index in [2.05, 4.69) is 25.9 Å². The fourth-order valence-corrected chi connectivity index (χ4v) is 4.30. The lowest BCUT2D eigenvalue weighted by atomic mass is 10.0. The highest BCUT2D eigenvalue weighted by Crippen LogP contribution is 2.21. The average molecular weight is 519 g/mol. The monoisotopic (exact) mass is 518 g/mol. The second-order valence-electron chi connectivity index (χ2n) is 9.15. The summed E-state index contributed by atoms with van der Waals surface area (Å²) < 4.78 is 0. The molecule has 38 heavy (non-hydrogen) atoms. The number of fused-ring (bicyclic) bond motifs is 2. The molecule has 8 N–H and O–H groups in total. The highest BCUT2D eigenvalue weighted by atomic mass is 16.4. The third kappa shape index (κ3) is 6.19. The zero-order valence-electron chi connectivity index (χ0n) is 20.8. The van der Waals surface area contributed by atoms with Gasteiger partial charge in [-0.1, -0.05) is 36.4 Å². The first-order chi connectivity index (χ1) is 18.2. The summed E-state index contributed by atoms with van der Waals surface area (Å²) in [7, 11) is 0. The van der Waals surface area contributed by atoms with Gasteiger partial charge in [0.2, 0.25) is 17.7 Å². The van der Waals surface area contributed by atoms with Gasteiger partial charge in [0.1, 0.15) is 12.1 Å². The van der Waals surface area contributed by atoms with E-state index in [1.54, 1.807) is 12.4 Å². The van der Waals surface area contributed by atoms with Crippen LogP contribution in [0.2, 0.25) is 0 Å². The smallest absolute Gasteiger partial charge is 0.326 e. The van der Waals surface area contributed by atoms with Gasteiger partial charge in [-0.2, -0.15) is 0 Å². The number of carbonyl (C=O) groups excluding carboxylic acids is 3. The molecule has 0 spiro atoms. The Hall–Kier alpha value is -4.64. The van der Waals surface area contributed by atoms with E-state index in [0.717, 1.165) is 32.9 Å². The first kappa shape index (κ1) is 26.4. The molecular weight excluding hydrogens is 488 g/mol. The van der Waals surface area contributed by atoms with Crippen LogP contribution in [0.15, 0.2) is 60.9 Å². The summed E-state index contributed by atoms with van der Waals surface area (Å²) in [6.45, 7) is 1.11. The minimum absolute atomic E-state index is 0.0449. The molecule has 0 aliphatic carbocycles. The van der Waals surface area contributed by atoms with Gasteiger partial charge < -0.3 is 36.8 Å². The molecule has 0 fully saturated rings. The van der Waals surface area contributed by atoms with Crippen molar-refractivity contribution in [1.29, 1.82) is 0 Å². The van der Waals surface area contributed by atoms with Crippen molar-refractivity contribution >= 4 is 45.5 Å². The summed E-state index contributed by atoms with van der Waals surface area (Å²) in [4.78, 5) is 56.1. The number of hydrogen-bond donors (Lipinski definition) is 7. The van der Waals surface area contributed by atoms with E-state index in [0.29, 0.717) is 0 Å². The number of aliphatic carboxylic acids is 1. The molecule has 2 aromatic carbocycles. The Morgan fingerprint density at radius 3 is 1.87 bits per heavy atom. The fraction of sp³-hybridized carbons (Fsp3) is 0.259. The summed E-state index contributed by atoms with van der Waals surface area (Å²) in [5.74, 6) is -2.98. The Bertz CT molecular complexity index is 1470. The number of nitrogens with two attached hydrogens (primary N) is 1. The van der Waals surface area contributed by atoms with Gasteiger partial charge in [-0.05, 0) is 30.2 Å². The van der Waals surface area contributed by atoms with Gasteiger partial charge in [-0.25, -0.2) is 4.79 Å². The van der Waals surface area contributed by atoms with Crippen LogP contribution in [0.4, 0.5) is 0 Å². The molecule has 0 saturated carbocycles. The van der Waals surface area contributed by atoms with E-state index < -0.39 is 41.8 Å². The number of rotatable bonds is 11. The van der Waals surface area contributed by atoms with Crippen LogP contribution in [0.5, 0.6) is 0 Å². The van der Waals surface area contributed by atoms with E-state index in [4.69, 9.17) is 5.73 Å². The summed E-state index contributed by atoms with van der Waals surface area (Å²) in [5.41, 5.74) is 8.75. The predicted octanol–water partition coefficient (Wildman–Crippen LogP) is 0.952. The molecule has 4 rings (SSSR count). The Labute approximate surface area is 218 Å². The van der Waals surface area contributed by atoms with Crippen LogP contribution in [-0.2, 0) is 32.0 Å². The van der Waals surface area contributed by atoms with Crippen LogP contribution >= 0.6 is 0 Å². The molecule has 2 heterocycles. The summed E-state index contributed by atoms with van der Waals surface area (Å²) in [5, 5.41) is 19.2. The normalized spacial score (nSPS) is 13.5. The predicted molar refractivity (Wildman–Crippen MR) is 142 cm³/mol. The number of hydrogen-bond acceptors (Lipinski definition) is 5. The van der Waals surface area contributed by atoms with Gasteiger partial charge in [0.05, 0.1) is 12.6 Å². The molecule has 3 unspecified atom stereocenters. The molecule has 0 aliphatic heterocycles. The van der Waals surface area contributed by atoms with Crippen LogP contribution in [-0.4, -0.2) is 63.4 Å². The van der Waals surface area contributed by atoms with Crippen LogP contribution in [0, 0.1) is 0 Å². The molecule has 0 bridgehead atoms. The summed E-state index contributed by atoms with van der Waals surface area (Å²) in [6.07, 6.45) is 3.61. The largest absolute Gasteiger partial charge is 0.480 e. The maximum Gasteiger partial charge on any atom is 0.326 e. The van der Waals surface area contributed by atoms with Crippen LogP contribution in [0.3, 0.4) is 0 Å². The van der Waals surface area contributed by atoms with Gasteiger partial charge in [0.25, 0.3) is 0 Å². The molecule has 0 radical (unpaired) electrons. The van der Waals surface area contributed by atoms with Crippen LogP contribution in [0.1, 0.15) is 18.1 Å². The van der Waals surface area contributed by atoms with Crippen molar-refractivity contribution in [1.82, 2.24) is 25.9 Å². The minimum atomic E-state index is -1.23. The third-order valence-electron chi connectivity index (χ3n) is 6.30. The summed E-state index contributed by atoms with van der Waals surface area (Å²) >= 11 is 0. The number of amides is 3. The Morgan fingerprint density at radius 2 is 1.34 bits per heavy atom. The van der Waals surface area contributed by atoms with Crippen molar-refractivity contribution in [2.45, 2.75) is 37.9 Å². The maximum atomic E-state index is 13.4. The molecule has 2 aromatic heterocycles. The van der Waals surface area contributed by atoms with Gasteiger partial charge in [-0.3, -0.25) is 14.4 Å². The van der Waals surface area contributed by atoms with Gasteiger partial charge in [0.15, 0.2) is 0 Å². The number of carbonyl (C=O) groups is 4. The van der Waals surface area contributed by atoms with E-state index in [1.165, 1.54) is 6.92 Å². The lowest BCUT2D eigenvalue weighted by molar-refractivity contribution is -0.142. The zero-order chi connectivity index (χ0) is 27.2. The number of H-pyrrole nitrogens is 2. The summed E-state index contributed by atoms with van der Waals surface area (Å²) in [6, 6.07) is 11.8. The molecule has 11 nitrogen and oxygen atoms in total. The molecule has 198 valence electrons. The molecule has 3 amide bonds. The number of aromatic nitrogens is 2. The maximum absolute atomic E-state index is 13.4.